The van der Waals surface area contributed by atoms with Crippen LogP contribution in [-0.2, 0) is 0 Å². The maximum Gasteiger partial charge on any atom is 0.0348 e. The Labute approximate surface area is 101 Å². The second-order valence-corrected chi connectivity index (χ2v) is 5.55. The molecule has 2 nitrogen and oxygen atoms in total. The van der Waals surface area contributed by atoms with Crippen molar-refractivity contribution in [3.8, 4) is 0 Å². The van der Waals surface area contributed by atoms with E-state index in [-0.39, 0.29) is 0 Å². The van der Waals surface area contributed by atoms with Crippen molar-refractivity contribution >= 4 is 0 Å². The van der Waals surface area contributed by atoms with Crippen LogP contribution in [0.25, 0.3) is 0 Å². The lowest BCUT2D eigenvalue weighted by atomic mass is 9.93. The number of hydrogen-bond acceptors (Lipinski definition) is 2. The Hall–Kier alpha value is -0.0800. The summed E-state index contributed by atoms with van der Waals surface area (Å²) < 4.78 is 0. The van der Waals surface area contributed by atoms with Gasteiger partial charge in [0.15, 0.2) is 0 Å². The highest BCUT2D eigenvalue weighted by molar-refractivity contribution is 4.88. The van der Waals surface area contributed by atoms with Crippen molar-refractivity contribution in [1.82, 2.24) is 10.2 Å². The molecule has 2 aliphatic rings. The summed E-state index contributed by atoms with van der Waals surface area (Å²) >= 11 is 0. The molecule has 1 N–H and O–H groups in total. The Morgan fingerprint density at radius 3 is 2.06 bits per heavy atom. The minimum absolute atomic E-state index is 0.851. The molecular weight excluding hydrogens is 196 g/mol. The monoisotopic (exact) mass is 224 g/mol. The van der Waals surface area contributed by atoms with Gasteiger partial charge in [0.25, 0.3) is 0 Å². The van der Waals surface area contributed by atoms with Gasteiger partial charge in [0, 0.05) is 25.2 Å². The van der Waals surface area contributed by atoms with Crippen LogP contribution in [0.5, 0.6) is 0 Å². The van der Waals surface area contributed by atoms with Crippen LogP contribution in [0.2, 0.25) is 0 Å². The molecule has 0 aromatic carbocycles. The largest absolute Gasteiger partial charge is 0.314 e. The molecule has 0 amide bonds. The highest BCUT2D eigenvalue weighted by atomic mass is 15.3. The lowest BCUT2D eigenvalue weighted by Crippen LogP contribution is -2.60. The highest BCUT2D eigenvalue weighted by Crippen LogP contribution is 2.24. The van der Waals surface area contributed by atoms with Crippen molar-refractivity contribution < 1.29 is 0 Å². The minimum Gasteiger partial charge on any atom is -0.314 e. The molecule has 2 rings (SSSR count). The summed E-state index contributed by atoms with van der Waals surface area (Å²) in [6.07, 6.45) is 11.6. The fraction of sp³-hybridized carbons (Fsp3) is 1.00. The van der Waals surface area contributed by atoms with Gasteiger partial charge in [0.05, 0.1) is 0 Å². The van der Waals surface area contributed by atoms with Crippen LogP contribution in [0, 0.1) is 0 Å². The van der Waals surface area contributed by atoms with Gasteiger partial charge in [0.1, 0.15) is 0 Å². The van der Waals surface area contributed by atoms with Crippen LogP contribution in [-0.4, -0.2) is 36.6 Å². The van der Waals surface area contributed by atoms with Gasteiger partial charge < -0.3 is 5.32 Å². The average Bonchev–Trinajstić information content (AvgIpc) is 2.14. The fourth-order valence-electron chi connectivity index (χ4n) is 3.20. The van der Waals surface area contributed by atoms with Crippen LogP contribution in [0.3, 0.4) is 0 Å². The molecule has 1 saturated heterocycles. The van der Waals surface area contributed by atoms with Crippen molar-refractivity contribution in [2.45, 2.75) is 70.4 Å². The van der Waals surface area contributed by atoms with Crippen molar-refractivity contribution in [1.29, 1.82) is 0 Å². The molecule has 0 spiro atoms. The molecule has 0 radical (unpaired) electrons. The summed E-state index contributed by atoms with van der Waals surface area (Å²) in [6.45, 7) is 6.10. The third-order valence-electron chi connectivity index (χ3n) is 4.25. The van der Waals surface area contributed by atoms with E-state index in [2.05, 4.69) is 17.1 Å². The normalized spacial score (nSPS) is 25.1. The Bertz CT molecular complexity index is 181. The molecule has 16 heavy (non-hydrogen) atoms. The van der Waals surface area contributed by atoms with E-state index in [1.54, 1.807) is 0 Å². The highest BCUT2D eigenvalue weighted by Gasteiger charge is 2.29. The van der Waals surface area contributed by atoms with Crippen molar-refractivity contribution in [3.63, 3.8) is 0 Å². The first-order chi connectivity index (χ1) is 7.92. The molecule has 0 aromatic heterocycles. The van der Waals surface area contributed by atoms with Gasteiger partial charge in [-0.15, -0.1) is 0 Å². The van der Waals surface area contributed by atoms with E-state index in [9.17, 15) is 0 Å². The van der Waals surface area contributed by atoms with Gasteiger partial charge in [0.2, 0.25) is 0 Å². The first-order valence-electron chi connectivity index (χ1n) is 7.38. The standard InChI is InChI=1S/C14H28N2/c1-2-10-16(14-11-15-12-14)13-8-6-4-3-5-7-9-13/h13-15H,2-12H2,1H3. The third kappa shape index (κ3) is 3.21. The topological polar surface area (TPSA) is 15.3 Å². The van der Waals surface area contributed by atoms with E-state index < -0.39 is 0 Å². The molecule has 1 aliphatic heterocycles. The van der Waals surface area contributed by atoms with Gasteiger partial charge in [-0.2, -0.15) is 0 Å². The van der Waals surface area contributed by atoms with Crippen molar-refractivity contribution in [2.24, 2.45) is 0 Å². The van der Waals surface area contributed by atoms with Gasteiger partial charge in [-0.05, 0) is 25.8 Å². The van der Waals surface area contributed by atoms with Crippen LogP contribution < -0.4 is 5.32 Å². The number of nitrogens with zero attached hydrogens (tertiary/aromatic N) is 1. The molecule has 1 aliphatic carbocycles. The smallest absolute Gasteiger partial charge is 0.0348 e. The first kappa shape index (κ1) is 12.4. The van der Waals surface area contributed by atoms with E-state index >= 15 is 0 Å². The van der Waals surface area contributed by atoms with Gasteiger partial charge in [-0.3, -0.25) is 4.90 Å². The second kappa shape index (κ2) is 6.61. The predicted octanol–water partition coefficient (Wildman–Crippen LogP) is 2.78. The minimum atomic E-state index is 0.851. The zero-order valence-corrected chi connectivity index (χ0v) is 10.9. The lowest BCUT2D eigenvalue weighted by molar-refractivity contribution is 0.0791. The quantitative estimate of drug-likeness (QED) is 0.790. The average molecular weight is 224 g/mol. The maximum absolute atomic E-state index is 3.43. The Morgan fingerprint density at radius 1 is 0.938 bits per heavy atom. The zero-order valence-electron chi connectivity index (χ0n) is 10.9. The van der Waals surface area contributed by atoms with Gasteiger partial charge in [-0.25, -0.2) is 0 Å². The van der Waals surface area contributed by atoms with Gasteiger partial charge >= 0.3 is 0 Å². The maximum atomic E-state index is 3.43. The summed E-state index contributed by atoms with van der Waals surface area (Å²) in [7, 11) is 0. The Balaban J connectivity index is 1.87. The molecule has 1 saturated carbocycles. The summed E-state index contributed by atoms with van der Waals surface area (Å²) in [6, 6.07) is 1.75. The number of nitrogens with one attached hydrogen (secondary N) is 1. The van der Waals surface area contributed by atoms with Crippen molar-refractivity contribution in [2.75, 3.05) is 19.6 Å². The van der Waals surface area contributed by atoms with E-state index in [1.165, 1.54) is 71.0 Å². The Kier molecular flexibility index (Phi) is 5.11. The SMILES string of the molecule is CCCN(C1CCCCCCC1)C1CNC1. The molecule has 2 heteroatoms. The third-order valence-corrected chi connectivity index (χ3v) is 4.25. The molecule has 94 valence electrons. The first-order valence-corrected chi connectivity index (χ1v) is 7.38. The van der Waals surface area contributed by atoms with E-state index in [1.807, 2.05) is 0 Å². The molecular formula is C14H28N2. The number of hydrogen-bond donors (Lipinski definition) is 1. The van der Waals surface area contributed by atoms with Crippen molar-refractivity contribution in [3.05, 3.63) is 0 Å². The molecule has 1 heterocycles. The van der Waals surface area contributed by atoms with Crippen LogP contribution in [0.15, 0.2) is 0 Å². The molecule has 0 aromatic rings. The Morgan fingerprint density at radius 2 is 1.56 bits per heavy atom. The summed E-state index contributed by atoms with van der Waals surface area (Å²) in [4.78, 5) is 2.82. The molecule has 2 fully saturated rings. The summed E-state index contributed by atoms with van der Waals surface area (Å²) in [5.74, 6) is 0. The summed E-state index contributed by atoms with van der Waals surface area (Å²) in [5, 5.41) is 3.43. The second-order valence-electron chi connectivity index (χ2n) is 5.55. The zero-order chi connectivity index (χ0) is 11.2. The number of rotatable bonds is 4. The molecule has 0 atom stereocenters. The lowest BCUT2D eigenvalue weighted by Gasteiger charge is -2.43. The van der Waals surface area contributed by atoms with Crippen LogP contribution in [0.1, 0.15) is 58.3 Å². The fourth-order valence-corrected chi connectivity index (χ4v) is 3.20. The molecule has 0 unspecified atom stereocenters. The molecule has 0 bridgehead atoms. The van der Waals surface area contributed by atoms with Crippen LogP contribution >= 0.6 is 0 Å². The van der Waals surface area contributed by atoms with E-state index in [0.717, 1.165) is 12.1 Å². The van der Waals surface area contributed by atoms with E-state index in [4.69, 9.17) is 0 Å². The van der Waals surface area contributed by atoms with Gasteiger partial charge in [-0.1, -0.05) is 39.0 Å². The summed E-state index contributed by atoms with van der Waals surface area (Å²) in [5.41, 5.74) is 0. The van der Waals surface area contributed by atoms with E-state index in [0.29, 0.717) is 0 Å². The van der Waals surface area contributed by atoms with Crippen LogP contribution in [0.4, 0.5) is 0 Å². The predicted molar refractivity (Wildman–Crippen MR) is 69.8 cm³/mol.